The van der Waals surface area contributed by atoms with E-state index in [1.165, 1.54) is 24.8 Å². The van der Waals surface area contributed by atoms with Gasteiger partial charge in [-0.05, 0) is 43.5 Å². The monoisotopic (exact) mass is 309 g/mol. The molecule has 1 aliphatic carbocycles. The maximum Gasteiger partial charge on any atom is 0.124 e. The Morgan fingerprint density at radius 1 is 1.39 bits per heavy atom. The highest BCUT2D eigenvalue weighted by molar-refractivity contribution is 9.10. The summed E-state index contributed by atoms with van der Waals surface area (Å²) in [5.41, 5.74) is 1.31. The van der Waals surface area contributed by atoms with Crippen LogP contribution >= 0.6 is 15.9 Å². The van der Waals surface area contributed by atoms with Crippen molar-refractivity contribution in [3.8, 4) is 5.75 Å². The smallest absolute Gasteiger partial charge is 0.124 e. The van der Waals surface area contributed by atoms with E-state index in [1.807, 2.05) is 0 Å². The van der Waals surface area contributed by atoms with E-state index < -0.39 is 0 Å². The van der Waals surface area contributed by atoms with Crippen LogP contribution in [-0.4, -0.2) is 12.6 Å². The average molecular weight is 310 g/mol. The second kappa shape index (κ2) is 5.22. The normalized spacial score (nSPS) is 27.2. The first kappa shape index (κ1) is 12.5. The van der Waals surface area contributed by atoms with Gasteiger partial charge in [-0.3, -0.25) is 0 Å². The Morgan fingerprint density at radius 2 is 2.22 bits per heavy atom. The lowest BCUT2D eigenvalue weighted by Crippen LogP contribution is -2.39. The summed E-state index contributed by atoms with van der Waals surface area (Å²) in [4.78, 5) is 0. The lowest BCUT2D eigenvalue weighted by molar-refractivity contribution is 0.0533. The quantitative estimate of drug-likeness (QED) is 0.909. The fourth-order valence-electron chi connectivity index (χ4n) is 3.01. The Hall–Kier alpha value is -0.540. The standard InChI is InChI=1S/C15H20BrNO/c1-2-17-13-9-15(10-4-3-5-10)18-14-7-6-11(16)8-12(13)14/h6-8,10,13,15,17H,2-5,9H2,1H3. The van der Waals surface area contributed by atoms with Gasteiger partial charge in [0.05, 0.1) is 0 Å². The Bertz CT molecular complexity index is 431. The number of nitrogens with one attached hydrogen (secondary N) is 1. The van der Waals surface area contributed by atoms with Crippen LogP contribution in [0.15, 0.2) is 22.7 Å². The zero-order valence-corrected chi connectivity index (χ0v) is 12.4. The van der Waals surface area contributed by atoms with Gasteiger partial charge in [0.2, 0.25) is 0 Å². The number of ether oxygens (including phenoxy) is 1. The van der Waals surface area contributed by atoms with Crippen LogP contribution in [0.2, 0.25) is 0 Å². The second-order valence-electron chi connectivity index (χ2n) is 5.38. The van der Waals surface area contributed by atoms with Gasteiger partial charge < -0.3 is 10.1 Å². The summed E-state index contributed by atoms with van der Waals surface area (Å²) >= 11 is 3.55. The van der Waals surface area contributed by atoms with Gasteiger partial charge in [0.15, 0.2) is 0 Å². The Kier molecular flexibility index (Phi) is 3.62. The van der Waals surface area contributed by atoms with E-state index in [2.05, 4.69) is 46.4 Å². The van der Waals surface area contributed by atoms with Crippen molar-refractivity contribution in [2.75, 3.05) is 6.54 Å². The number of hydrogen-bond donors (Lipinski definition) is 1. The maximum atomic E-state index is 6.21. The Balaban J connectivity index is 1.86. The molecule has 0 radical (unpaired) electrons. The highest BCUT2D eigenvalue weighted by atomic mass is 79.9. The fraction of sp³-hybridized carbons (Fsp3) is 0.600. The number of hydrogen-bond acceptors (Lipinski definition) is 2. The molecule has 1 saturated carbocycles. The molecule has 1 aromatic rings. The lowest BCUT2D eigenvalue weighted by Gasteiger charge is -2.40. The minimum atomic E-state index is 0.413. The zero-order valence-electron chi connectivity index (χ0n) is 10.8. The highest BCUT2D eigenvalue weighted by Gasteiger charge is 2.35. The molecule has 0 amide bonds. The molecule has 3 rings (SSSR count). The van der Waals surface area contributed by atoms with Crippen molar-refractivity contribution in [1.29, 1.82) is 0 Å². The Morgan fingerprint density at radius 3 is 2.89 bits per heavy atom. The summed E-state index contributed by atoms with van der Waals surface area (Å²) in [5.74, 6) is 1.86. The minimum absolute atomic E-state index is 0.413. The van der Waals surface area contributed by atoms with Gasteiger partial charge in [-0.25, -0.2) is 0 Å². The number of halogens is 1. The van der Waals surface area contributed by atoms with Crippen LogP contribution < -0.4 is 10.1 Å². The van der Waals surface area contributed by atoms with Crippen molar-refractivity contribution in [2.45, 2.75) is 44.8 Å². The van der Waals surface area contributed by atoms with Gasteiger partial charge >= 0.3 is 0 Å². The number of rotatable bonds is 3. The van der Waals surface area contributed by atoms with Crippen molar-refractivity contribution in [1.82, 2.24) is 5.32 Å². The Labute approximate surface area is 117 Å². The van der Waals surface area contributed by atoms with E-state index in [4.69, 9.17) is 4.74 Å². The molecule has 3 heteroatoms. The molecule has 1 aliphatic heterocycles. The molecule has 18 heavy (non-hydrogen) atoms. The molecule has 1 aromatic carbocycles. The summed E-state index contributed by atoms with van der Waals surface area (Å²) in [5, 5.41) is 3.60. The van der Waals surface area contributed by atoms with Gasteiger partial charge in [-0.2, -0.15) is 0 Å². The van der Waals surface area contributed by atoms with Crippen LogP contribution in [0.1, 0.15) is 44.2 Å². The number of benzene rings is 1. The van der Waals surface area contributed by atoms with E-state index in [-0.39, 0.29) is 0 Å². The molecular weight excluding hydrogens is 290 g/mol. The molecule has 1 fully saturated rings. The molecule has 2 nitrogen and oxygen atoms in total. The van der Waals surface area contributed by atoms with E-state index in [0.29, 0.717) is 12.1 Å². The topological polar surface area (TPSA) is 21.3 Å². The largest absolute Gasteiger partial charge is 0.490 e. The van der Waals surface area contributed by atoms with Crippen LogP contribution in [-0.2, 0) is 0 Å². The van der Waals surface area contributed by atoms with Crippen molar-refractivity contribution >= 4 is 15.9 Å². The molecule has 0 saturated heterocycles. The van der Waals surface area contributed by atoms with Gasteiger partial charge in [-0.15, -0.1) is 0 Å². The van der Waals surface area contributed by atoms with Gasteiger partial charge in [0.1, 0.15) is 11.9 Å². The average Bonchev–Trinajstić information content (AvgIpc) is 2.28. The van der Waals surface area contributed by atoms with Crippen LogP contribution in [0.4, 0.5) is 0 Å². The zero-order chi connectivity index (χ0) is 12.5. The van der Waals surface area contributed by atoms with E-state index >= 15 is 0 Å². The third-order valence-corrected chi connectivity index (χ3v) is 4.71. The second-order valence-corrected chi connectivity index (χ2v) is 6.29. The molecule has 0 spiro atoms. The first-order valence-corrected chi connectivity index (χ1v) is 7.76. The van der Waals surface area contributed by atoms with Crippen LogP contribution in [0.5, 0.6) is 5.75 Å². The molecule has 1 heterocycles. The van der Waals surface area contributed by atoms with Crippen molar-refractivity contribution < 1.29 is 4.74 Å². The molecule has 98 valence electrons. The molecular formula is C15H20BrNO. The van der Waals surface area contributed by atoms with E-state index in [0.717, 1.165) is 29.1 Å². The first-order valence-electron chi connectivity index (χ1n) is 6.97. The molecule has 1 N–H and O–H groups in total. The molecule has 0 bridgehead atoms. The third kappa shape index (κ3) is 2.30. The first-order chi connectivity index (χ1) is 8.78. The minimum Gasteiger partial charge on any atom is -0.490 e. The van der Waals surface area contributed by atoms with Crippen molar-refractivity contribution in [3.05, 3.63) is 28.2 Å². The van der Waals surface area contributed by atoms with Crippen molar-refractivity contribution in [2.24, 2.45) is 5.92 Å². The summed E-state index contributed by atoms with van der Waals surface area (Å²) in [7, 11) is 0. The lowest BCUT2D eigenvalue weighted by atomic mass is 9.77. The highest BCUT2D eigenvalue weighted by Crippen LogP contribution is 2.42. The fourth-order valence-corrected chi connectivity index (χ4v) is 3.39. The van der Waals surface area contributed by atoms with Crippen LogP contribution in [0.3, 0.4) is 0 Å². The van der Waals surface area contributed by atoms with Crippen LogP contribution in [0.25, 0.3) is 0 Å². The molecule has 2 aliphatic rings. The summed E-state index contributed by atoms with van der Waals surface area (Å²) in [6.45, 7) is 3.18. The van der Waals surface area contributed by atoms with Gasteiger partial charge in [0.25, 0.3) is 0 Å². The SMILES string of the molecule is CCNC1CC(C2CCC2)Oc2ccc(Br)cc21. The van der Waals surface area contributed by atoms with E-state index in [1.54, 1.807) is 0 Å². The van der Waals surface area contributed by atoms with Crippen LogP contribution in [0, 0.1) is 5.92 Å². The maximum absolute atomic E-state index is 6.21. The third-order valence-electron chi connectivity index (χ3n) is 4.22. The molecule has 0 aromatic heterocycles. The molecule has 2 unspecified atom stereocenters. The summed E-state index contributed by atoms with van der Waals surface area (Å²) in [6, 6.07) is 6.82. The van der Waals surface area contributed by atoms with E-state index in [9.17, 15) is 0 Å². The predicted molar refractivity (Wildman–Crippen MR) is 76.9 cm³/mol. The van der Waals surface area contributed by atoms with Crippen molar-refractivity contribution in [3.63, 3.8) is 0 Å². The van der Waals surface area contributed by atoms with Gasteiger partial charge in [0, 0.05) is 22.5 Å². The van der Waals surface area contributed by atoms with Gasteiger partial charge in [-0.1, -0.05) is 29.3 Å². The summed E-state index contributed by atoms with van der Waals surface area (Å²) < 4.78 is 7.34. The number of fused-ring (bicyclic) bond motifs is 1. The summed E-state index contributed by atoms with van der Waals surface area (Å²) in [6.07, 6.45) is 5.59. The predicted octanol–water partition coefficient (Wildman–Crippen LogP) is 4.05. The molecule has 2 atom stereocenters.